The predicted molar refractivity (Wildman–Crippen MR) is 88.3 cm³/mol. The molecular formula is C20H17NO. The summed E-state index contributed by atoms with van der Waals surface area (Å²) in [5.74, 6) is 1.80. The minimum atomic E-state index is -0.396. The van der Waals surface area contributed by atoms with Gasteiger partial charge in [0, 0.05) is 11.1 Å². The zero-order chi connectivity index (χ0) is 15.0. The van der Waals surface area contributed by atoms with Crippen LogP contribution in [0.15, 0.2) is 78.9 Å². The summed E-state index contributed by atoms with van der Waals surface area (Å²) in [5.41, 5.74) is 3.10. The molecule has 3 aromatic carbocycles. The average Bonchev–Trinajstić information content (AvgIpc) is 2.60. The van der Waals surface area contributed by atoms with Gasteiger partial charge < -0.3 is 10.1 Å². The molecule has 1 aliphatic rings. The number of hydrogen-bond acceptors (Lipinski definition) is 2. The topological polar surface area (TPSA) is 21.3 Å². The molecule has 0 amide bonds. The fourth-order valence-corrected chi connectivity index (χ4v) is 3.41. The van der Waals surface area contributed by atoms with E-state index in [1.165, 1.54) is 5.56 Å². The molecule has 2 heteroatoms. The predicted octanol–water partition coefficient (Wildman–Crippen LogP) is 4.30. The second-order valence-corrected chi connectivity index (χ2v) is 5.46. The van der Waals surface area contributed by atoms with Crippen LogP contribution in [0.1, 0.15) is 16.7 Å². The lowest BCUT2D eigenvalue weighted by molar-refractivity contribution is 0.394. The molecule has 2 nitrogen and oxygen atoms in total. The second-order valence-electron chi connectivity index (χ2n) is 5.46. The van der Waals surface area contributed by atoms with Crippen molar-refractivity contribution >= 4 is 0 Å². The summed E-state index contributed by atoms with van der Waals surface area (Å²) in [4.78, 5) is 0. The molecule has 3 aromatic rings. The normalized spacial score (nSPS) is 14.6. The van der Waals surface area contributed by atoms with Gasteiger partial charge in [0.1, 0.15) is 17.0 Å². The fraction of sp³-hybridized carbons (Fsp3) is 0.100. The van der Waals surface area contributed by atoms with Gasteiger partial charge in [0.05, 0.1) is 0 Å². The molecule has 1 aliphatic heterocycles. The second kappa shape index (κ2) is 5.00. The molecule has 22 heavy (non-hydrogen) atoms. The van der Waals surface area contributed by atoms with Crippen LogP contribution >= 0.6 is 0 Å². The van der Waals surface area contributed by atoms with Crippen molar-refractivity contribution in [2.75, 3.05) is 7.05 Å². The summed E-state index contributed by atoms with van der Waals surface area (Å²) >= 11 is 0. The monoisotopic (exact) mass is 287 g/mol. The molecule has 0 radical (unpaired) electrons. The van der Waals surface area contributed by atoms with E-state index >= 15 is 0 Å². The number of ether oxygens (including phenoxy) is 1. The maximum atomic E-state index is 6.12. The molecule has 0 aliphatic carbocycles. The summed E-state index contributed by atoms with van der Waals surface area (Å²) in [5, 5.41) is 3.57. The van der Waals surface area contributed by atoms with Crippen molar-refractivity contribution in [3.63, 3.8) is 0 Å². The Morgan fingerprint density at radius 3 is 1.73 bits per heavy atom. The first kappa shape index (κ1) is 13.1. The molecule has 4 rings (SSSR count). The number of benzene rings is 3. The first-order valence-electron chi connectivity index (χ1n) is 7.47. The molecule has 0 atom stereocenters. The smallest absolute Gasteiger partial charge is 0.133 e. The van der Waals surface area contributed by atoms with Crippen LogP contribution in [-0.4, -0.2) is 7.05 Å². The lowest BCUT2D eigenvalue weighted by atomic mass is 9.75. The summed E-state index contributed by atoms with van der Waals surface area (Å²) in [6.45, 7) is 0. The van der Waals surface area contributed by atoms with Crippen LogP contribution in [0, 0.1) is 0 Å². The molecule has 108 valence electrons. The molecule has 0 spiro atoms. The van der Waals surface area contributed by atoms with E-state index < -0.39 is 5.54 Å². The van der Waals surface area contributed by atoms with E-state index in [0.717, 1.165) is 22.6 Å². The Bertz CT molecular complexity index is 765. The number of rotatable bonds is 2. The summed E-state index contributed by atoms with van der Waals surface area (Å²) in [7, 11) is 2.01. The van der Waals surface area contributed by atoms with Gasteiger partial charge in [0.2, 0.25) is 0 Å². The maximum absolute atomic E-state index is 6.12. The lowest BCUT2D eigenvalue weighted by Crippen LogP contribution is -2.44. The van der Waals surface area contributed by atoms with Crippen molar-refractivity contribution in [3.8, 4) is 11.5 Å². The van der Waals surface area contributed by atoms with Gasteiger partial charge >= 0.3 is 0 Å². The molecule has 0 saturated heterocycles. The number of hydrogen-bond donors (Lipinski definition) is 1. The SMILES string of the molecule is CNC1(c2ccccc2)c2ccccc2Oc2ccccc21. The molecule has 1 N–H and O–H groups in total. The Hall–Kier alpha value is -2.58. The van der Waals surface area contributed by atoms with Gasteiger partial charge in [-0.05, 0) is 24.7 Å². The fourth-order valence-electron chi connectivity index (χ4n) is 3.41. The molecular weight excluding hydrogens is 270 g/mol. The summed E-state index contributed by atoms with van der Waals surface area (Å²) in [6.07, 6.45) is 0. The van der Waals surface area contributed by atoms with E-state index in [0.29, 0.717) is 0 Å². The van der Waals surface area contributed by atoms with Crippen molar-refractivity contribution in [2.24, 2.45) is 0 Å². The largest absolute Gasteiger partial charge is 0.457 e. The van der Waals surface area contributed by atoms with Crippen LogP contribution < -0.4 is 10.1 Å². The van der Waals surface area contributed by atoms with Crippen molar-refractivity contribution in [1.29, 1.82) is 0 Å². The number of para-hydroxylation sites is 2. The Kier molecular flexibility index (Phi) is 2.98. The van der Waals surface area contributed by atoms with Crippen LogP contribution in [0.2, 0.25) is 0 Å². The summed E-state index contributed by atoms with van der Waals surface area (Å²) < 4.78 is 6.12. The quantitative estimate of drug-likeness (QED) is 0.758. The highest BCUT2D eigenvalue weighted by molar-refractivity contribution is 5.62. The van der Waals surface area contributed by atoms with Gasteiger partial charge in [0.15, 0.2) is 0 Å². The van der Waals surface area contributed by atoms with Gasteiger partial charge in [-0.15, -0.1) is 0 Å². The zero-order valence-corrected chi connectivity index (χ0v) is 12.4. The van der Waals surface area contributed by atoms with E-state index in [2.05, 4.69) is 53.8 Å². The molecule has 1 heterocycles. The Morgan fingerprint density at radius 2 is 1.18 bits per heavy atom. The van der Waals surface area contributed by atoms with E-state index in [-0.39, 0.29) is 0 Å². The Balaban J connectivity index is 2.09. The molecule has 0 fully saturated rings. The van der Waals surface area contributed by atoms with Crippen molar-refractivity contribution in [1.82, 2.24) is 5.32 Å². The highest BCUT2D eigenvalue weighted by atomic mass is 16.5. The first-order chi connectivity index (χ1) is 10.9. The van der Waals surface area contributed by atoms with Crippen LogP contribution in [-0.2, 0) is 5.54 Å². The first-order valence-corrected chi connectivity index (χ1v) is 7.47. The Labute approximate surface area is 130 Å². The minimum Gasteiger partial charge on any atom is -0.457 e. The van der Waals surface area contributed by atoms with E-state index in [1.54, 1.807) is 0 Å². The van der Waals surface area contributed by atoms with E-state index in [9.17, 15) is 0 Å². The molecule has 0 aromatic heterocycles. The number of nitrogens with one attached hydrogen (secondary N) is 1. The van der Waals surface area contributed by atoms with Crippen molar-refractivity contribution < 1.29 is 4.74 Å². The van der Waals surface area contributed by atoms with Crippen LogP contribution in [0.25, 0.3) is 0 Å². The molecule has 0 unspecified atom stereocenters. The maximum Gasteiger partial charge on any atom is 0.133 e. The third-order valence-corrected chi connectivity index (χ3v) is 4.38. The van der Waals surface area contributed by atoms with E-state index in [4.69, 9.17) is 4.74 Å². The van der Waals surface area contributed by atoms with Crippen molar-refractivity contribution in [3.05, 3.63) is 95.6 Å². The van der Waals surface area contributed by atoms with Crippen molar-refractivity contribution in [2.45, 2.75) is 5.54 Å². The van der Waals surface area contributed by atoms with Gasteiger partial charge in [0.25, 0.3) is 0 Å². The van der Waals surface area contributed by atoms with Crippen LogP contribution in [0.5, 0.6) is 11.5 Å². The van der Waals surface area contributed by atoms with Gasteiger partial charge in [-0.25, -0.2) is 0 Å². The average molecular weight is 287 g/mol. The van der Waals surface area contributed by atoms with Gasteiger partial charge in [-0.2, -0.15) is 0 Å². The molecule has 0 bridgehead atoms. The highest BCUT2D eigenvalue weighted by Crippen LogP contribution is 2.49. The third kappa shape index (κ3) is 1.71. The summed E-state index contributed by atoms with van der Waals surface area (Å²) in [6, 6.07) is 27.0. The highest BCUT2D eigenvalue weighted by Gasteiger charge is 2.42. The van der Waals surface area contributed by atoms with E-state index in [1.807, 2.05) is 37.4 Å². The van der Waals surface area contributed by atoms with Gasteiger partial charge in [-0.3, -0.25) is 0 Å². The van der Waals surface area contributed by atoms with Crippen LogP contribution in [0.3, 0.4) is 0 Å². The zero-order valence-electron chi connectivity index (χ0n) is 12.4. The lowest BCUT2D eigenvalue weighted by Gasteiger charge is -2.40. The minimum absolute atomic E-state index is 0.396. The Morgan fingerprint density at radius 1 is 0.682 bits per heavy atom. The van der Waals surface area contributed by atoms with Gasteiger partial charge in [-0.1, -0.05) is 66.7 Å². The number of fused-ring (bicyclic) bond motifs is 2. The molecule has 0 saturated carbocycles. The standard InChI is InChI=1S/C20H17NO/c1-21-20(15-9-3-2-4-10-15)16-11-5-7-13-18(16)22-19-14-8-6-12-17(19)20/h2-14,21H,1H3. The van der Waals surface area contributed by atoms with Crippen LogP contribution in [0.4, 0.5) is 0 Å². The third-order valence-electron chi connectivity index (χ3n) is 4.38.